The summed E-state index contributed by atoms with van der Waals surface area (Å²) in [5.74, 6) is 0.628. The maximum Gasteiger partial charge on any atom is 0.235 e. The molecule has 0 unspecified atom stereocenters. The second-order valence-electron chi connectivity index (χ2n) is 12.5. The summed E-state index contributed by atoms with van der Waals surface area (Å²) in [4.78, 5) is 14.6. The number of hydrogen-bond donors (Lipinski definition) is 0. The van der Waals surface area contributed by atoms with Gasteiger partial charge in [-0.05, 0) is 77.9 Å². The summed E-state index contributed by atoms with van der Waals surface area (Å²) in [6.45, 7) is 0. The van der Waals surface area contributed by atoms with E-state index in [9.17, 15) is 0 Å². The van der Waals surface area contributed by atoms with Crippen molar-refractivity contribution in [3.63, 3.8) is 0 Å². The average molecular weight is 640 g/mol. The third kappa shape index (κ3) is 4.52. The molecule has 0 aliphatic rings. The number of benzene rings is 6. The number of hydrogen-bond acceptors (Lipinski definition) is 3. The van der Waals surface area contributed by atoms with Crippen LogP contribution in [-0.2, 0) is 0 Å². The Balaban J connectivity index is 1.08. The second-order valence-corrected chi connectivity index (χ2v) is 12.5. The third-order valence-electron chi connectivity index (χ3n) is 9.66. The molecule has 10 aromatic rings. The number of aromatic nitrogens is 5. The van der Waals surface area contributed by atoms with E-state index in [0.29, 0.717) is 5.95 Å². The van der Waals surface area contributed by atoms with E-state index in [0.717, 1.165) is 55.6 Å². The first-order chi connectivity index (χ1) is 24.8. The molecule has 0 N–H and O–H groups in total. The van der Waals surface area contributed by atoms with Crippen LogP contribution in [0.3, 0.4) is 0 Å². The Labute approximate surface area is 288 Å². The number of rotatable bonds is 5. The van der Waals surface area contributed by atoms with E-state index in [4.69, 9.17) is 15.0 Å². The Kier molecular flexibility index (Phi) is 6.42. The van der Waals surface area contributed by atoms with Gasteiger partial charge in [-0.2, -0.15) is 0 Å². The lowest BCUT2D eigenvalue weighted by Gasteiger charge is -2.09. The summed E-state index contributed by atoms with van der Waals surface area (Å²) in [6.07, 6.45) is 3.72. The van der Waals surface area contributed by atoms with Crippen LogP contribution in [0.25, 0.3) is 88.9 Å². The van der Waals surface area contributed by atoms with Gasteiger partial charge in [-0.25, -0.2) is 9.97 Å². The standard InChI is InChI=1S/C45H29N5/c1-3-11-30(12-4-1)39-22-19-33(29-47-39)40-25-26-46-45(48-40)50-42-18-10-8-16-36(42)38-28-32(21-24-44(38)50)31-20-23-43-37(27-31)35-15-7-9-17-41(35)49(43)34-13-5-2-6-14-34/h1-29H. The fourth-order valence-electron chi connectivity index (χ4n) is 7.32. The molecular formula is C45H29N5. The Bertz CT molecular complexity index is 2850. The first-order valence-corrected chi connectivity index (χ1v) is 16.8. The molecule has 0 fully saturated rings. The van der Waals surface area contributed by atoms with Gasteiger partial charge in [0.2, 0.25) is 5.95 Å². The van der Waals surface area contributed by atoms with Crippen molar-refractivity contribution in [1.29, 1.82) is 0 Å². The minimum absolute atomic E-state index is 0.628. The maximum absolute atomic E-state index is 5.07. The largest absolute Gasteiger partial charge is 0.309 e. The fourth-order valence-corrected chi connectivity index (χ4v) is 7.32. The summed E-state index contributed by atoms with van der Waals surface area (Å²) in [7, 11) is 0. The van der Waals surface area contributed by atoms with Crippen LogP contribution >= 0.6 is 0 Å². The zero-order valence-corrected chi connectivity index (χ0v) is 27.0. The molecule has 10 rings (SSSR count). The van der Waals surface area contributed by atoms with Crippen LogP contribution < -0.4 is 0 Å². The summed E-state index contributed by atoms with van der Waals surface area (Å²) in [6, 6.07) is 57.6. The Hall–Kier alpha value is -6.85. The molecule has 5 heteroatoms. The summed E-state index contributed by atoms with van der Waals surface area (Å²) in [5.41, 5.74) is 11.8. The van der Waals surface area contributed by atoms with Gasteiger partial charge in [-0.3, -0.25) is 9.55 Å². The number of pyridine rings is 1. The van der Waals surface area contributed by atoms with Gasteiger partial charge in [0.1, 0.15) is 0 Å². The molecule has 0 amide bonds. The first-order valence-electron chi connectivity index (χ1n) is 16.8. The highest BCUT2D eigenvalue weighted by molar-refractivity contribution is 6.12. The summed E-state index contributed by atoms with van der Waals surface area (Å²) in [5, 5.41) is 4.80. The molecule has 0 aliphatic heterocycles. The van der Waals surface area contributed by atoms with Gasteiger partial charge >= 0.3 is 0 Å². The molecule has 4 heterocycles. The Morgan fingerprint density at radius 2 is 0.920 bits per heavy atom. The maximum atomic E-state index is 5.07. The fraction of sp³-hybridized carbons (Fsp3) is 0. The van der Waals surface area contributed by atoms with Crippen molar-refractivity contribution in [2.24, 2.45) is 0 Å². The van der Waals surface area contributed by atoms with E-state index in [-0.39, 0.29) is 0 Å². The monoisotopic (exact) mass is 639 g/mol. The molecule has 0 atom stereocenters. The van der Waals surface area contributed by atoms with E-state index < -0.39 is 0 Å². The zero-order chi connectivity index (χ0) is 33.0. The van der Waals surface area contributed by atoms with Crippen molar-refractivity contribution in [1.82, 2.24) is 24.1 Å². The van der Waals surface area contributed by atoms with Crippen molar-refractivity contribution >= 4 is 43.6 Å². The highest BCUT2D eigenvalue weighted by Gasteiger charge is 2.17. The molecule has 6 aromatic carbocycles. The highest BCUT2D eigenvalue weighted by atomic mass is 15.2. The van der Waals surface area contributed by atoms with Gasteiger partial charge in [0.05, 0.1) is 33.5 Å². The summed E-state index contributed by atoms with van der Waals surface area (Å²) >= 11 is 0. The van der Waals surface area contributed by atoms with Gasteiger partial charge in [0.15, 0.2) is 0 Å². The number of nitrogens with zero attached hydrogens (tertiary/aromatic N) is 5. The van der Waals surface area contributed by atoms with Crippen LogP contribution in [-0.4, -0.2) is 24.1 Å². The molecule has 50 heavy (non-hydrogen) atoms. The topological polar surface area (TPSA) is 48.5 Å². The smallest absolute Gasteiger partial charge is 0.235 e. The third-order valence-corrected chi connectivity index (χ3v) is 9.66. The van der Waals surface area contributed by atoms with Crippen LogP contribution in [0.5, 0.6) is 0 Å². The quantitative estimate of drug-likeness (QED) is 0.188. The first kappa shape index (κ1) is 28.2. The average Bonchev–Trinajstić information content (AvgIpc) is 3.71. The van der Waals surface area contributed by atoms with Crippen LogP contribution in [0, 0.1) is 0 Å². The highest BCUT2D eigenvalue weighted by Crippen LogP contribution is 2.38. The van der Waals surface area contributed by atoms with E-state index in [1.165, 1.54) is 27.4 Å². The van der Waals surface area contributed by atoms with Crippen LogP contribution in [0.2, 0.25) is 0 Å². The molecule has 4 aromatic heterocycles. The van der Waals surface area contributed by atoms with E-state index in [1.807, 2.05) is 42.7 Å². The molecule has 0 saturated heterocycles. The molecule has 0 saturated carbocycles. The summed E-state index contributed by atoms with van der Waals surface area (Å²) < 4.78 is 4.52. The van der Waals surface area contributed by atoms with E-state index in [2.05, 4.69) is 143 Å². The lowest BCUT2D eigenvalue weighted by molar-refractivity contribution is 0.991. The normalized spacial score (nSPS) is 11.6. The van der Waals surface area contributed by atoms with Crippen molar-refractivity contribution in [3.8, 4) is 45.3 Å². The molecule has 0 bridgehead atoms. The minimum Gasteiger partial charge on any atom is -0.309 e. The number of para-hydroxylation sites is 3. The van der Waals surface area contributed by atoms with Crippen molar-refractivity contribution in [3.05, 3.63) is 176 Å². The van der Waals surface area contributed by atoms with Gasteiger partial charge in [0.25, 0.3) is 0 Å². The van der Waals surface area contributed by atoms with Gasteiger partial charge < -0.3 is 4.57 Å². The van der Waals surface area contributed by atoms with E-state index >= 15 is 0 Å². The van der Waals surface area contributed by atoms with Gasteiger partial charge in [-0.1, -0.05) is 97.1 Å². The van der Waals surface area contributed by atoms with Gasteiger partial charge in [0, 0.05) is 50.8 Å². The lowest BCUT2D eigenvalue weighted by atomic mass is 10.0. The van der Waals surface area contributed by atoms with E-state index in [1.54, 1.807) is 0 Å². The van der Waals surface area contributed by atoms with Crippen LogP contribution in [0.15, 0.2) is 176 Å². The molecular weight excluding hydrogens is 611 g/mol. The van der Waals surface area contributed by atoms with Crippen molar-refractivity contribution < 1.29 is 0 Å². The molecule has 0 aliphatic carbocycles. The minimum atomic E-state index is 0.628. The van der Waals surface area contributed by atoms with Gasteiger partial charge in [-0.15, -0.1) is 0 Å². The van der Waals surface area contributed by atoms with Crippen LogP contribution in [0.1, 0.15) is 0 Å². The Morgan fingerprint density at radius 1 is 0.360 bits per heavy atom. The zero-order valence-electron chi connectivity index (χ0n) is 27.0. The predicted molar refractivity (Wildman–Crippen MR) is 205 cm³/mol. The van der Waals surface area contributed by atoms with Crippen molar-refractivity contribution in [2.75, 3.05) is 0 Å². The lowest BCUT2D eigenvalue weighted by Crippen LogP contribution is -2.01. The second kappa shape index (κ2) is 11.4. The predicted octanol–water partition coefficient (Wildman–Crippen LogP) is 11.1. The Morgan fingerprint density at radius 3 is 1.58 bits per heavy atom. The SMILES string of the molecule is c1ccc(-c2ccc(-c3ccnc(-n4c5ccccc5c5cc(-c6ccc7c(c6)c6ccccc6n7-c6ccccc6)ccc54)n3)cn2)cc1. The van der Waals surface area contributed by atoms with Crippen LogP contribution in [0.4, 0.5) is 0 Å². The molecule has 0 radical (unpaired) electrons. The molecule has 0 spiro atoms. The number of fused-ring (bicyclic) bond motifs is 6. The van der Waals surface area contributed by atoms with Crippen molar-refractivity contribution in [2.45, 2.75) is 0 Å². The molecule has 234 valence electrons. The molecule has 5 nitrogen and oxygen atoms in total.